The summed E-state index contributed by atoms with van der Waals surface area (Å²) in [6, 6.07) is 13.5. The average Bonchev–Trinajstić information content (AvgIpc) is 2.81. The summed E-state index contributed by atoms with van der Waals surface area (Å²) in [4.78, 5) is 28.4. The number of halogens is 1. The van der Waals surface area contributed by atoms with E-state index in [-0.39, 0.29) is 24.3 Å². The number of carbonyl (C=O) groups excluding carboxylic acids is 2. The number of amides is 2. The van der Waals surface area contributed by atoms with Gasteiger partial charge in [-0.2, -0.15) is 0 Å². The van der Waals surface area contributed by atoms with Gasteiger partial charge >= 0.3 is 0 Å². The van der Waals surface area contributed by atoms with Crippen LogP contribution in [0.15, 0.2) is 48.5 Å². The number of sulfonamides is 1. The number of hydrogen-bond acceptors (Lipinski definition) is 4. The molecule has 1 N–H and O–H groups in total. The molecule has 7 nitrogen and oxygen atoms in total. The van der Waals surface area contributed by atoms with Crippen molar-refractivity contribution in [2.24, 2.45) is 5.92 Å². The van der Waals surface area contributed by atoms with Crippen molar-refractivity contribution < 1.29 is 18.0 Å². The lowest BCUT2D eigenvalue weighted by Gasteiger charge is -2.33. The van der Waals surface area contributed by atoms with Crippen LogP contribution >= 0.6 is 11.6 Å². The fourth-order valence-corrected chi connectivity index (χ4v) is 5.01. The highest BCUT2D eigenvalue weighted by Gasteiger charge is 2.32. The van der Waals surface area contributed by atoms with Crippen molar-refractivity contribution in [3.8, 4) is 0 Å². The van der Waals surface area contributed by atoms with Crippen LogP contribution in [0.3, 0.4) is 0 Å². The fraction of sp³-hybridized carbons (Fsp3) is 0.481. The van der Waals surface area contributed by atoms with E-state index in [0.717, 1.165) is 16.1 Å². The number of carbonyl (C=O) groups is 2. The number of rotatable bonds is 12. The third-order valence-corrected chi connectivity index (χ3v) is 7.37. The van der Waals surface area contributed by atoms with Gasteiger partial charge < -0.3 is 10.2 Å². The second kappa shape index (κ2) is 13.1. The summed E-state index contributed by atoms with van der Waals surface area (Å²) in [6.45, 7) is 9.87. The lowest BCUT2D eigenvalue weighted by atomic mass is 10.0. The minimum atomic E-state index is -3.80. The Balaban J connectivity index is 2.50. The minimum absolute atomic E-state index is 0.0463. The van der Waals surface area contributed by atoms with Gasteiger partial charge in [0, 0.05) is 18.1 Å². The van der Waals surface area contributed by atoms with Crippen LogP contribution in [-0.4, -0.2) is 50.5 Å². The van der Waals surface area contributed by atoms with Crippen LogP contribution in [-0.2, 0) is 26.2 Å². The van der Waals surface area contributed by atoms with Gasteiger partial charge in [0.2, 0.25) is 21.8 Å². The van der Waals surface area contributed by atoms with Gasteiger partial charge in [-0.3, -0.25) is 13.9 Å². The van der Waals surface area contributed by atoms with Crippen molar-refractivity contribution in [3.05, 3.63) is 64.7 Å². The monoisotopic (exact) mass is 535 g/mol. The summed E-state index contributed by atoms with van der Waals surface area (Å²) in [5, 5.41) is 3.38. The maximum Gasteiger partial charge on any atom is 0.244 e. The van der Waals surface area contributed by atoms with Crippen LogP contribution in [0.5, 0.6) is 0 Å². The van der Waals surface area contributed by atoms with Gasteiger partial charge in [0.05, 0.1) is 11.9 Å². The first kappa shape index (κ1) is 29.6. The number of para-hydroxylation sites is 1. The molecule has 0 radical (unpaired) electrons. The summed E-state index contributed by atoms with van der Waals surface area (Å²) < 4.78 is 26.9. The highest BCUT2D eigenvalue weighted by Crippen LogP contribution is 2.29. The third-order valence-electron chi connectivity index (χ3n) is 5.88. The quantitative estimate of drug-likeness (QED) is 0.422. The second-order valence-electron chi connectivity index (χ2n) is 9.66. The predicted molar refractivity (Wildman–Crippen MR) is 147 cm³/mol. The first-order chi connectivity index (χ1) is 16.9. The molecule has 0 fully saturated rings. The first-order valence-corrected chi connectivity index (χ1v) is 14.5. The molecule has 0 aliphatic rings. The molecule has 0 aromatic heterocycles. The number of nitrogens with zero attached hydrogens (tertiary/aromatic N) is 2. The van der Waals surface area contributed by atoms with E-state index in [1.165, 1.54) is 4.90 Å². The Kier molecular flexibility index (Phi) is 10.8. The van der Waals surface area contributed by atoms with E-state index in [2.05, 4.69) is 5.32 Å². The molecule has 0 saturated heterocycles. The van der Waals surface area contributed by atoms with Crippen molar-refractivity contribution in [3.63, 3.8) is 0 Å². The number of anilines is 1. The van der Waals surface area contributed by atoms with E-state index in [1.54, 1.807) is 30.3 Å². The molecule has 9 heteroatoms. The van der Waals surface area contributed by atoms with Crippen LogP contribution in [0.25, 0.3) is 0 Å². The number of hydrogen-bond donors (Lipinski definition) is 1. The highest BCUT2D eigenvalue weighted by molar-refractivity contribution is 7.92. The summed E-state index contributed by atoms with van der Waals surface area (Å²) in [7, 11) is -3.80. The number of nitrogens with one attached hydrogen (secondary N) is 1. The van der Waals surface area contributed by atoms with E-state index in [1.807, 2.05) is 52.8 Å². The third kappa shape index (κ3) is 7.96. The molecule has 0 aliphatic carbocycles. The maximum absolute atomic E-state index is 13.8. The van der Waals surface area contributed by atoms with Gasteiger partial charge in [-0.05, 0) is 41.5 Å². The zero-order valence-corrected chi connectivity index (χ0v) is 23.6. The molecule has 2 aromatic carbocycles. The molecule has 1 unspecified atom stereocenters. The molecular formula is C27H38ClN3O4S. The van der Waals surface area contributed by atoms with Crippen molar-refractivity contribution in [1.29, 1.82) is 0 Å². The van der Waals surface area contributed by atoms with E-state index in [4.69, 9.17) is 11.6 Å². The summed E-state index contributed by atoms with van der Waals surface area (Å²) in [5.41, 5.74) is 1.95. The molecule has 2 aromatic rings. The van der Waals surface area contributed by atoms with Gasteiger partial charge in [-0.1, -0.05) is 82.6 Å². The predicted octanol–water partition coefficient (Wildman–Crippen LogP) is 4.81. The summed E-state index contributed by atoms with van der Waals surface area (Å²) >= 11 is 6.39. The molecular weight excluding hydrogens is 498 g/mol. The summed E-state index contributed by atoms with van der Waals surface area (Å²) in [5.74, 6) is -0.469. The Bertz CT molecular complexity index is 1150. The van der Waals surface area contributed by atoms with Crippen molar-refractivity contribution in [2.45, 2.75) is 59.5 Å². The van der Waals surface area contributed by atoms with Gasteiger partial charge in [0.15, 0.2) is 0 Å². The Hall–Kier alpha value is -2.58. The molecule has 0 heterocycles. The van der Waals surface area contributed by atoms with Gasteiger partial charge in [0.1, 0.15) is 12.6 Å². The smallest absolute Gasteiger partial charge is 0.244 e. The molecule has 36 heavy (non-hydrogen) atoms. The van der Waals surface area contributed by atoms with Crippen molar-refractivity contribution in [2.75, 3.05) is 23.7 Å². The molecule has 2 amide bonds. The molecule has 2 rings (SSSR count). The molecule has 198 valence electrons. The SMILES string of the molecule is CCC(C(=O)NCC(C)C)N(Cc1ccccc1Cl)C(=O)CN(c1ccccc1C(C)C)S(C)(=O)=O. The van der Waals surface area contributed by atoms with E-state index in [9.17, 15) is 18.0 Å². The lowest BCUT2D eigenvalue weighted by molar-refractivity contribution is -0.140. The zero-order valence-electron chi connectivity index (χ0n) is 22.0. The van der Waals surface area contributed by atoms with E-state index < -0.39 is 28.5 Å². The second-order valence-corrected chi connectivity index (χ2v) is 12.0. The Labute approximate surface area is 220 Å². The van der Waals surface area contributed by atoms with Gasteiger partial charge in [-0.25, -0.2) is 8.42 Å². The molecule has 0 saturated carbocycles. The normalized spacial score (nSPS) is 12.5. The van der Waals surface area contributed by atoms with Crippen LogP contribution in [0.4, 0.5) is 5.69 Å². The van der Waals surface area contributed by atoms with Gasteiger partial charge in [-0.15, -0.1) is 0 Å². The Morgan fingerprint density at radius 3 is 2.17 bits per heavy atom. The van der Waals surface area contributed by atoms with Crippen LogP contribution in [0.1, 0.15) is 58.1 Å². The minimum Gasteiger partial charge on any atom is -0.354 e. The molecule has 0 aliphatic heterocycles. The molecule has 0 spiro atoms. The Morgan fingerprint density at radius 1 is 1.00 bits per heavy atom. The van der Waals surface area contributed by atoms with Crippen molar-refractivity contribution in [1.82, 2.24) is 10.2 Å². The van der Waals surface area contributed by atoms with Gasteiger partial charge in [0.25, 0.3) is 0 Å². The molecule has 0 bridgehead atoms. The highest BCUT2D eigenvalue weighted by atomic mass is 35.5. The summed E-state index contributed by atoms with van der Waals surface area (Å²) in [6.07, 6.45) is 1.45. The van der Waals surface area contributed by atoms with Crippen LogP contribution in [0, 0.1) is 5.92 Å². The largest absolute Gasteiger partial charge is 0.354 e. The van der Waals surface area contributed by atoms with Crippen molar-refractivity contribution >= 4 is 39.1 Å². The standard InChI is InChI=1S/C27H38ClN3O4S/c1-7-24(27(33)29-16-19(2)3)30(17-21-12-8-10-14-23(21)28)26(32)18-31(36(6,34)35)25-15-11-9-13-22(25)20(4)5/h8-15,19-20,24H,7,16-18H2,1-6H3,(H,29,33). The van der Waals surface area contributed by atoms with E-state index in [0.29, 0.717) is 29.2 Å². The fourth-order valence-electron chi connectivity index (χ4n) is 3.95. The lowest BCUT2D eigenvalue weighted by Crippen LogP contribution is -2.52. The topological polar surface area (TPSA) is 86.8 Å². The van der Waals surface area contributed by atoms with E-state index >= 15 is 0 Å². The average molecular weight is 536 g/mol. The Morgan fingerprint density at radius 2 is 1.61 bits per heavy atom. The number of benzene rings is 2. The molecule has 1 atom stereocenters. The maximum atomic E-state index is 13.8. The van der Waals surface area contributed by atoms with Crippen LogP contribution < -0.4 is 9.62 Å². The zero-order chi connectivity index (χ0) is 27.0. The van der Waals surface area contributed by atoms with Crippen LogP contribution in [0.2, 0.25) is 5.02 Å². The first-order valence-electron chi connectivity index (χ1n) is 12.2.